The number of carbonyl (C=O) groups excluding carboxylic acids is 1. The number of anilines is 1. The van der Waals surface area contributed by atoms with Gasteiger partial charge < -0.3 is 5.32 Å². The van der Waals surface area contributed by atoms with Crippen molar-refractivity contribution in [2.24, 2.45) is 0 Å². The molecular weight excluding hydrogens is 417 g/mol. The number of aryl methyl sites for hydroxylation is 2. The molecule has 0 spiro atoms. The van der Waals surface area contributed by atoms with Gasteiger partial charge in [-0.3, -0.25) is 14.2 Å². The number of hydrogen-bond acceptors (Lipinski definition) is 4. The maximum absolute atomic E-state index is 12.8. The number of rotatable bonds is 3. The Labute approximate surface area is 167 Å². The van der Waals surface area contributed by atoms with Crippen LogP contribution in [0.4, 0.5) is 5.69 Å². The van der Waals surface area contributed by atoms with Gasteiger partial charge in [0, 0.05) is 4.88 Å². The molecule has 4 rings (SSSR count). The van der Waals surface area contributed by atoms with Crippen LogP contribution in [0.15, 0.2) is 23.3 Å². The van der Waals surface area contributed by atoms with Gasteiger partial charge in [-0.05, 0) is 37.0 Å². The zero-order chi connectivity index (χ0) is 18.4. The van der Waals surface area contributed by atoms with Gasteiger partial charge in [-0.1, -0.05) is 34.8 Å². The predicted molar refractivity (Wildman–Crippen MR) is 106 cm³/mol. The van der Waals surface area contributed by atoms with Gasteiger partial charge in [-0.15, -0.1) is 11.3 Å². The highest BCUT2D eigenvalue weighted by molar-refractivity contribution is 7.18. The van der Waals surface area contributed by atoms with Crippen LogP contribution in [-0.4, -0.2) is 15.5 Å². The molecule has 0 saturated heterocycles. The highest BCUT2D eigenvalue weighted by atomic mass is 35.5. The lowest BCUT2D eigenvalue weighted by molar-refractivity contribution is -0.116. The fraction of sp³-hybridized carbons (Fsp3) is 0.235. The van der Waals surface area contributed by atoms with Crippen molar-refractivity contribution >= 4 is 68.0 Å². The van der Waals surface area contributed by atoms with Gasteiger partial charge in [0.25, 0.3) is 5.56 Å². The number of thiophene rings is 1. The lowest BCUT2D eigenvalue weighted by atomic mass is 10.2. The molecule has 0 bridgehead atoms. The zero-order valence-corrected chi connectivity index (χ0v) is 16.4. The summed E-state index contributed by atoms with van der Waals surface area (Å²) >= 11 is 19.5. The van der Waals surface area contributed by atoms with E-state index in [1.54, 1.807) is 11.3 Å². The van der Waals surface area contributed by atoms with E-state index in [-0.39, 0.29) is 22.1 Å². The zero-order valence-electron chi connectivity index (χ0n) is 13.3. The molecule has 1 amide bonds. The van der Waals surface area contributed by atoms with E-state index in [0.717, 1.165) is 29.7 Å². The Morgan fingerprint density at radius 3 is 2.77 bits per heavy atom. The summed E-state index contributed by atoms with van der Waals surface area (Å²) in [7, 11) is 0. The van der Waals surface area contributed by atoms with Gasteiger partial charge in [0.05, 0.1) is 32.5 Å². The van der Waals surface area contributed by atoms with E-state index in [4.69, 9.17) is 34.8 Å². The summed E-state index contributed by atoms with van der Waals surface area (Å²) in [6.45, 7) is -0.164. The van der Waals surface area contributed by atoms with Crippen molar-refractivity contribution < 1.29 is 4.79 Å². The lowest BCUT2D eigenvalue weighted by Crippen LogP contribution is -2.28. The van der Waals surface area contributed by atoms with E-state index in [2.05, 4.69) is 10.3 Å². The Balaban J connectivity index is 1.61. The van der Waals surface area contributed by atoms with Crippen molar-refractivity contribution in [1.29, 1.82) is 0 Å². The maximum atomic E-state index is 12.8. The molecule has 0 aliphatic heterocycles. The first-order chi connectivity index (χ1) is 12.4. The average Bonchev–Trinajstić information content (AvgIpc) is 3.16. The van der Waals surface area contributed by atoms with Crippen LogP contribution in [0.2, 0.25) is 15.1 Å². The molecule has 0 fully saturated rings. The number of amides is 1. The molecule has 2 aromatic heterocycles. The van der Waals surface area contributed by atoms with Crippen LogP contribution in [0.1, 0.15) is 16.9 Å². The second kappa shape index (κ2) is 6.85. The van der Waals surface area contributed by atoms with Crippen molar-refractivity contribution in [2.75, 3.05) is 5.32 Å². The molecule has 134 valence electrons. The minimum atomic E-state index is -0.402. The van der Waals surface area contributed by atoms with Crippen molar-refractivity contribution in [2.45, 2.75) is 25.8 Å². The second-order valence-corrected chi connectivity index (χ2v) is 8.31. The molecule has 1 aromatic carbocycles. The first kappa shape index (κ1) is 17.8. The van der Waals surface area contributed by atoms with E-state index >= 15 is 0 Å². The molecule has 0 saturated carbocycles. The third-order valence-electron chi connectivity index (χ3n) is 4.29. The monoisotopic (exact) mass is 427 g/mol. The van der Waals surface area contributed by atoms with Crippen molar-refractivity contribution in [1.82, 2.24) is 9.55 Å². The van der Waals surface area contributed by atoms with Gasteiger partial charge in [0.2, 0.25) is 5.91 Å². The van der Waals surface area contributed by atoms with Crippen LogP contribution < -0.4 is 10.9 Å². The van der Waals surface area contributed by atoms with Crippen LogP contribution >= 0.6 is 46.1 Å². The van der Waals surface area contributed by atoms with Gasteiger partial charge in [-0.2, -0.15) is 0 Å². The Bertz CT molecular complexity index is 1110. The standard InChI is InChI=1S/C17H12Cl3N3O2S/c18-9-4-11(20)12(5-10(9)19)22-14(24)6-23-7-21-16-15(17(23)25)8-2-1-3-13(8)26-16/h4-5,7H,1-3,6H2,(H,22,24). The Kier molecular flexibility index (Phi) is 4.69. The van der Waals surface area contributed by atoms with Crippen LogP contribution in [0.5, 0.6) is 0 Å². The summed E-state index contributed by atoms with van der Waals surface area (Å²) in [5.41, 5.74) is 1.24. The van der Waals surface area contributed by atoms with E-state index in [1.165, 1.54) is 27.9 Å². The fourth-order valence-electron chi connectivity index (χ4n) is 3.09. The minimum absolute atomic E-state index is 0.164. The number of halogens is 3. The largest absolute Gasteiger partial charge is 0.323 e. The molecule has 1 aliphatic rings. The summed E-state index contributed by atoms with van der Waals surface area (Å²) in [6, 6.07) is 2.93. The molecule has 26 heavy (non-hydrogen) atoms. The van der Waals surface area contributed by atoms with Crippen LogP contribution in [0.25, 0.3) is 10.2 Å². The topological polar surface area (TPSA) is 64.0 Å². The molecule has 3 aromatic rings. The van der Waals surface area contributed by atoms with Gasteiger partial charge in [-0.25, -0.2) is 4.98 Å². The van der Waals surface area contributed by atoms with Crippen molar-refractivity contribution in [3.05, 3.63) is 54.3 Å². The first-order valence-corrected chi connectivity index (χ1v) is 9.83. The smallest absolute Gasteiger partial charge is 0.262 e. The number of benzene rings is 1. The van der Waals surface area contributed by atoms with E-state index in [9.17, 15) is 9.59 Å². The highest BCUT2D eigenvalue weighted by Crippen LogP contribution is 2.34. The molecule has 9 heteroatoms. The second-order valence-electron chi connectivity index (χ2n) is 6.01. The molecular formula is C17H12Cl3N3O2S. The SMILES string of the molecule is O=C(Cn1cnc2sc3c(c2c1=O)CCC3)Nc1cc(Cl)c(Cl)cc1Cl. The van der Waals surface area contributed by atoms with E-state index in [1.807, 2.05) is 0 Å². The molecule has 0 radical (unpaired) electrons. The van der Waals surface area contributed by atoms with Crippen LogP contribution in [0, 0.1) is 0 Å². The predicted octanol–water partition coefficient (Wildman–Crippen LogP) is 4.55. The van der Waals surface area contributed by atoms with Gasteiger partial charge >= 0.3 is 0 Å². The minimum Gasteiger partial charge on any atom is -0.323 e. The normalized spacial score (nSPS) is 13.2. The van der Waals surface area contributed by atoms with Crippen molar-refractivity contribution in [3.63, 3.8) is 0 Å². The number of nitrogens with one attached hydrogen (secondary N) is 1. The van der Waals surface area contributed by atoms with Crippen molar-refractivity contribution in [3.8, 4) is 0 Å². The van der Waals surface area contributed by atoms with Crippen LogP contribution in [0.3, 0.4) is 0 Å². The molecule has 1 aliphatic carbocycles. The number of hydrogen-bond donors (Lipinski definition) is 1. The fourth-order valence-corrected chi connectivity index (χ4v) is 4.91. The maximum Gasteiger partial charge on any atom is 0.262 e. The third-order valence-corrected chi connectivity index (χ3v) is 6.52. The number of aromatic nitrogens is 2. The molecule has 0 unspecified atom stereocenters. The summed E-state index contributed by atoms with van der Waals surface area (Å²) in [5.74, 6) is -0.402. The molecule has 2 heterocycles. The summed E-state index contributed by atoms with van der Waals surface area (Å²) in [5, 5.41) is 4.14. The Morgan fingerprint density at radius 2 is 1.96 bits per heavy atom. The summed E-state index contributed by atoms with van der Waals surface area (Å²) < 4.78 is 1.31. The van der Waals surface area contributed by atoms with Gasteiger partial charge in [0.1, 0.15) is 11.4 Å². The molecule has 5 nitrogen and oxygen atoms in total. The third kappa shape index (κ3) is 3.11. The Morgan fingerprint density at radius 1 is 1.19 bits per heavy atom. The lowest BCUT2D eigenvalue weighted by Gasteiger charge is -2.10. The molecule has 1 N–H and O–H groups in total. The van der Waals surface area contributed by atoms with E-state index in [0.29, 0.717) is 16.1 Å². The van der Waals surface area contributed by atoms with Gasteiger partial charge in [0.15, 0.2) is 0 Å². The summed E-state index contributed by atoms with van der Waals surface area (Å²) in [4.78, 5) is 31.5. The number of carbonyl (C=O) groups is 1. The quantitative estimate of drug-likeness (QED) is 0.623. The summed E-state index contributed by atoms with van der Waals surface area (Å²) in [6.07, 6.45) is 4.35. The first-order valence-electron chi connectivity index (χ1n) is 7.88. The highest BCUT2D eigenvalue weighted by Gasteiger charge is 2.21. The van der Waals surface area contributed by atoms with Crippen LogP contribution in [-0.2, 0) is 24.2 Å². The number of nitrogens with zero attached hydrogens (tertiary/aromatic N) is 2. The Hall–Kier alpha value is -1.60. The van der Waals surface area contributed by atoms with E-state index < -0.39 is 5.91 Å². The number of fused-ring (bicyclic) bond motifs is 3. The average molecular weight is 429 g/mol. The molecule has 0 atom stereocenters.